The van der Waals surface area contributed by atoms with Crippen molar-refractivity contribution in [3.63, 3.8) is 0 Å². The van der Waals surface area contributed by atoms with E-state index in [-0.39, 0.29) is 11.8 Å². The zero-order valence-electron chi connectivity index (χ0n) is 31.7. The Bertz CT molecular complexity index is 867. The first-order valence-electron chi connectivity index (χ1n) is 20.8. The molecule has 0 saturated heterocycles. The molecule has 0 aliphatic rings. The Morgan fingerprint density at radius 3 is 1.00 bits per heavy atom. The van der Waals surface area contributed by atoms with Crippen molar-refractivity contribution >= 4 is 23.2 Å². The molecule has 0 spiro atoms. The number of hydrogen-bond donors (Lipinski definition) is 2. The predicted molar refractivity (Wildman–Crippen MR) is 208 cm³/mol. The van der Waals surface area contributed by atoms with Gasteiger partial charge in [0.25, 0.3) is 0 Å². The van der Waals surface area contributed by atoms with Gasteiger partial charge in [-0.15, -0.1) is 0 Å². The van der Waals surface area contributed by atoms with Crippen LogP contribution < -0.4 is 10.6 Å². The van der Waals surface area contributed by atoms with Gasteiger partial charge in [-0.3, -0.25) is 9.59 Å². The van der Waals surface area contributed by atoms with Crippen molar-refractivity contribution in [2.45, 2.75) is 226 Å². The van der Waals surface area contributed by atoms with Gasteiger partial charge in [0.05, 0.1) is 11.4 Å². The normalized spacial score (nSPS) is 11.2. The third-order valence-electron chi connectivity index (χ3n) is 9.74. The number of carbonyl (C=O) groups excluding carboxylic acids is 2. The molecule has 0 aliphatic carbocycles. The zero-order chi connectivity index (χ0) is 34.0. The zero-order valence-corrected chi connectivity index (χ0v) is 31.7. The highest BCUT2D eigenvalue weighted by Crippen LogP contribution is 2.24. The second-order valence-corrected chi connectivity index (χ2v) is 14.5. The van der Waals surface area contributed by atoms with Gasteiger partial charge in [-0.2, -0.15) is 0 Å². The third kappa shape index (κ3) is 27.8. The summed E-state index contributed by atoms with van der Waals surface area (Å²) in [4.78, 5) is 25.4. The van der Waals surface area contributed by atoms with E-state index in [4.69, 9.17) is 0 Å². The molecule has 0 unspecified atom stereocenters. The summed E-state index contributed by atoms with van der Waals surface area (Å²) in [6, 6.07) is 5.88. The number of aryl methyl sites for hydroxylation is 1. The van der Waals surface area contributed by atoms with Crippen molar-refractivity contribution in [2.24, 2.45) is 0 Å². The lowest BCUT2D eigenvalue weighted by Crippen LogP contribution is -2.16. The molecule has 2 N–H and O–H groups in total. The molecule has 0 heterocycles. The van der Waals surface area contributed by atoms with E-state index >= 15 is 0 Å². The SMILES string of the molecule is CCCCCCCCCCCCCCCCCC(=O)Nc1ccc(C)cc1NC(=O)CCCCCCCCCCCCCCCCC. The van der Waals surface area contributed by atoms with Gasteiger partial charge in [-0.25, -0.2) is 0 Å². The number of anilines is 2. The van der Waals surface area contributed by atoms with Crippen LogP contribution in [-0.2, 0) is 9.59 Å². The quantitative estimate of drug-likeness (QED) is 0.0727. The first-order valence-corrected chi connectivity index (χ1v) is 20.8. The highest BCUT2D eigenvalue weighted by Gasteiger charge is 2.10. The molecular formula is C43H78N2O2. The summed E-state index contributed by atoms with van der Waals surface area (Å²) in [5, 5.41) is 6.14. The van der Waals surface area contributed by atoms with E-state index in [9.17, 15) is 9.59 Å². The molecule has 0 atom stereocenters. The topological polar surface area (TPSA) is 58.2 Å². The van der Waals surface area contributed by atoms with E-state index < -0.39 is 0 Å². The van der Waals surface area contributed by atoms with Gasteiger partial charge in [0, 0.05) is 12.8 Å². The first kappa shape index (κ1) is 43.2. The molecule has 4 heteroatoms. The van der Waals surface area contributed by atoms with E-state index in [0.29, 0.717) is 18.5 Å². The fraction of sp³-hybridized carbons (Fsp3) is 0.814. The number of unbranched alkanes of at least 4 members (excludes halogenated alkanes) is 28. The minimum atomic E-state index is 0.0430. The lowest BCUT2D eigenvalue weighted by molar-refractivity contribution is -0.117. The lowest BCUT2D eigenvalue weighted by atomic mass is 10.0. The molecule has 1 aromatic carbocycles. The van der Waals surface area contributed by atoms with Crippen molar-refractivity contribution in [2.75, 3.05) is 10.6 Å². The summed E-state index contributed by atoms with van der Waals surface area (Å²) >= 11 is 0. The Kier molecular flexibility index (Phi) is 30.0. The van der Waals surface area contributed by atoms with Crippen molar-refractivity contribution in [3.8, 4) is 0 Å². The van der Waals surface area contributed by atoms with Crippen LogP contribution in [0.2, 0.25) is 0 Å². The van der Waals surface area contributed by atoms with Crippen LogP contribution in [0.4, 0.5) is 11.4 Å². The largest absolute Gasteiger partial charge is 0.324 e. The maximum Gasteiger partial charge on any atom is 0.224 e. The molecular weight excluding hydrogens is 576 g/mol. The molecule has 47 heavy (non-hydrogen) atoms. The number of rotatable bonds is 34. The van der Waals surface area contributed by atoms with Crippen LogP contribution in [0.3, 0.4) is 0 Å². The van der Waals surface area contributed by atoms with Gasteiger partial charge < -0.3 is 10.6 Å². The third-order valence-corrected chi connectivity index (χ3v) is 9.74. The van der Waals surface area contributed by atoms with E-state index in [0.717, 1.165) is 36.9 Å². The van der Waals surface area contributed by atoms with Crippen LogP contribution in [0, 0.1) is 6.92 Å². The number of hydrogen-bond acceptors (Lipinski definition) is 2. The minimum Gasteiger partial charge on any atom is -0.324 e. The Labute approximate surface area is 292 Å². The molecule has 1 rings (SSSR count). The lowest BCUT2D eigenvalue weighted by Gasteiger charge is -2.13. The van der Waals surface area contributed by atoms with Crippen LogP contribution in [0.1, 0.15) is 225 Å². The first-order chi connectivity index (χ1) is 23.1. The number of benzene rings is 1. The van der Waals surface area contributed by atoms with Crippen LogP contribution in [0.25, 0.3) is 0 Å². The smallest absolute Gasteiger partial charge is 0.224 e. The Morgan fingerprint density at radius 2 is 0.681 bits per heavy atom. The number of amides is 2. The van der Waals surface area contributed by atoms with E-state index in [1.54, 1.807) is 0 Å². The molecule has 0 aliphatic heterocycles. The minimum absolute atomic E-state index is 0.0430. The van der Waals surface area contributed by atoms with Gasteiger partial charge >= 0.3 is 0 Å². The Morgan fingerprint density at radius 1 is 0.404 bits per heavy atom. The van der Waals surface area contributed by atoms with Crippen LogP contribution in [0.5, 0.6) is 0 Å². The molecule has 272 valence electrons. The fourth-order valence-corrected chi connectivity index (χ4v) is 6.61. The summed E-state index contributed by atoms with van der Waals surface area (Å²) < 4.78 is 0. The Hall–Kier alpha value is -1.84. The van der Waals surface area contributed by atoms with Gasteiger partial charge in [0.15, 0.2) is 0 Å². The van der Waals surface area contributed by atoms with Crippen LogP contribution >= 0.6 is 0 Å². The van der Waals surface area contributed by atoms with Crippen LogP contribution in [-0.4, -0.2) is 11.8 Å². The van der Waals surface area contributed by atoms with Gasteiger partial charge in [0.2, 0.25) is 11.8 Å². The maximum atomic E-state index is 12.7. The van der Waals surface area contributed by atoms with Gasteiger partial charge in [-0.1, -0.05) is 200 Å². The van der Waals surface area contributed by atoms with Crippen molar-refractivity contribution < 1.29 is 9.59 Å². The summed E-state index contributed by atoms with van der Waals surface area (Å²) in [5.74, 6) is 0.0876. The standard InChI is InChI=1S/C43H78N2O2/c1-4-6-8-10-12-14-16-18-20-22-24-26-28-30-32-34-42(46)44-40-37-36-39(3)38-41(40)45-43(47)35-33-31-29-27-25-23-21-19-17-15-13-11-9-7-5-2/h36-38H,4-35H2,1-3H3,(H,44,46)(H,45,47). The van der Waals surface area contributed by atoms with Crippen molar-refractivity contribution in [1.82, 2.24) is 0 Å². The summed E-state index contributed by atoms with van der Waals surface area (Å²) in [7, 11) is 0. The van der Waals surface area contributed by atoms with E-state index in [2.05, 4.69) is 24.5 Å². The fourth-order valence-electron chi connectivity index (χ4n) is 6.61. The summed E-state index contributed by atoms with van der Waals surface area (Å²) in [5.41, 5.74) is 2.51. The van der Waals surface area contributed by atoms with Gasteiger partial charge in [0.1, 0.15) is 0 Å². The van der Waals surface area contributed by atoms with E-state index in [1.807, 2.05) is 25.1 Å². The second kappa shape index (κ2) is 32.7. The molecule has 0 fully saturated rings. The predicted octanol–water partition coefficient (Wildman–Crippen LogP) is 14.4. The highest BCUT2D eigenvalue weighted by molar-refractivity contribution is 5.99. The van der Waals surface area contributed by atoms with Crippen molar-refractivity contribution in [3.05, 3.63) is 23.8 Å². The van der Waals surface area contributed by atoms with Crippen molar-refractivity contribution in [1.29, 1.82) is 0 Å². The van der Waals surface area contributed by atoms with E-state index in [1.165, 1.54) is 167 Å². The number of nitrogens with one attached hydrogen (secondary N) is 2. The molecule has 0 radical (unpaired) electrons. The maximum absolute atomic E-state index is 12.7. The van der Waals surface area contributed by atoms with Gasteiger partial charge in [-0.05, 0) is 37.5 Å². The molecule has 1 aromatic rings. The average Bonchev–Trinajstić information content (AvgIpc) is 3.06. The highest BCUT2D eigenvalue weighted by atomic mass is 16.2. The average molecular weight is 655 g/mol. The summed E-state index contributed by atoms with van der Waals surface area (Å²) in [6.07, 6.45) is 40.8. The Balaban J connectivity index is 2.07. The molecule has 0 aromatic heterocycles. The monoisotopic (exact) mass is 655 g/mol. The molecule has 2 amide bonds. The number of carbonyl (C=O) groups is 2. The summed E-state index contributed by atoms with van der Waals surface area (Å²) in [6.45, 7) is 6.58. The molecule has 0 bridgehead atoms. The second-order valence-electron chi connectivity index (χ2n) is 14.5. The molecule has 0 saturated carbocycles. The molecule has 4 nitrogen and oxygen atoms in total. The van der Waals surface area contributed by atoms with Crippen LogP contribution in [0.15, 0.2) is 18.2 Å².